The highest BCUT2D eigenvalue weighted by Gasteiger charge is 2.53. The van der Waals surface area contributed by atoms with Crippen molar-refractivity contribution in [1.29, 1.82) is 0 Å². The van der Waals surface area contributed by atoms with Gasteiger partial charge >= 0.3 is 6.18 Å². The molecule has 1 aliphatic rings. The van der Waals surface area contributed by atoms with Gasteiger partial charge in [0.25, 0.3) is 12.0 Å². The lowest BCUT2D eigenvalue weighted by Crippen LogP contribution is -2.35. The zero-order valence-corrected chi connectivity index (χ0v) is 16.7. The Morgan fingerprint density at radius 1 is 1.26 bits per heavy atom. The van der Waals surface area contributed by atoms with E-state index in [0.29, 0.717) is 16.5 Å². The van der Waals surface area contributed by atoms with E-state index >= 15 is 0 Å². The first-order chi connectivity index (χ1) is 14.5. The van der Waals surface area contributed by atoms with Crippen molar-refractivity contribution in [2.24, 2.45) is 12.0 Å². The molecule has 2 heterocycles. The second kappa shape index (κ2) is 7.28. The number of nitrogens with zero attached hydrogens (tertiary/aromatic N) is 4. The summed E-state index contributed by atoms with van der Waals surface area (Å²) in [4.78, 5) is 21.1. The molecule has 0 bridgehead atoms. The van der Waals surface area contributed by atoms with E-state index in [9.17, 15) is 26.7 Å². The van der Waals surface area contributed by atoms with E-state index in [4.69, 9.17) is 0 Å². The number of rotatable bonds is 4. The average Bonchev–Trinajstić information content (AvgIpc) is 3.49. The van der Waals surface area contributed by atoms with Crippen molar-refractivity contribution in [3.8, 4) is 0 Å². The maximum Gasteiger partial charge on any atom is 0.416 e. The Balaban J connectivity index is 1.85. The first-order valence-corrected chi connectivity index (χ1v) is 9.57. The summed E-state index contributed by atoms with van der Waals surface area (Å²) in [6.07, 6.45) is -4.03. The fourth-order valence-corrected chi connectivity index (χ4v) is 3.75. The lowest BCUT2D eigenvalue weighted by atomic mass is 10.0. The predicted molar refractivity (Wildman–Crippen MR) is 104 cm³/mol. The third-order valence-electron chi connectivity index (χ3n) is 5.80. The summed E-state index contributed by atoms with van der Waals surface area (Å²) >= 11 is 0. The fraction of sp³-hybridized carbons (Fsp3) is 0.381. The minimum Gasteiger partial charge on any atom is -0.335 e. The largest absolute Gasteiger partial charge is 0.416 e. The van der Waals surface area contributed by atoms with E-state index in [2.05, 4.69) is 9.98 Å². The highest BCUT2D eigenvalue weighted by molar-refractivity contribution is 5.76. The van der Waals surface area contributed by atoms with Crippen molar-refractivity contribution in [1.82, 2.24) is 14.1 Å². The monoisotopic (exact) mass is 438 g/mol. The maximum absolute atomic E-state index is 13.6. The number of aromatic nitrogens is 3. The molecule has 5 nitrogen and oxygen atoms in total. The van der Waals surface area contributed by atoms with Crippen LogP contribution in [0.4, 0.5) is 22.0 Å². The fourth-order valence-electron chi connectivity index (χ4n) is 3.75. The molecular formula is C21H19F5N4O. The van der Waals surface area contributed by atoms with Crippen LogP contribution >= 0.6 is 0 Å². The first-order valence-electron chi connectivity index (χ1n) is 9.57. The summed E-state index contributed by atoms with van der Waals surface area (Å²) in [6.45, 7) is 1.30. The molecule has 0 spiro atoms. The highest BCUT2D eigenvalue weighted by Crippen LogP contribution is 2.47. The SMILES string of the molecule is Cc1c(C/N=c2\ncn(C)c3cc(=O)n(C4(C(F)F)CC4)cc23)cccc1C(F)(F)F. The van der Waals surface area contributed by atoms with Crippen LogP contribution in [-0.4, -0.2) is 20.5 Å². The molecule has 2 aromatic heterocycles. The zero-order chi connectivity index (χ0) is 22.6. The van der Waals surface area contributed by atoms with Crippen LogP contribution in [-0.2, 0) is 25.3 Å². The Kier molecular flexibility index (Phi) is 4.98. The van der Waals surface area contributed by atoms with Gasteiger partial charge in [-0.1, -0.05) is 12.1 Å². The quantitative estimate of drug-likeness (QED) is 0.580. The van der Waals surface area contributed by atoms with E-state index in [1.165, 1.54) is 31.6 Å². The number of benzene rings is 1. The molecule has 0 aliphatic heterocycles. The molecule has 0 amide bonds. The number of alkyl halides is 5. The summed E-state index contributed by atoms with van der Waals surface area (Å²) in [5.74, 6) is 0. The molecule has 3 aromatic rings. The Hall–Kier alpha value is -3.04. The van der Waals surface area contributed by atoms with Gasteiger partial charge in [0.2, 0.25) is 0 Å². The number of hydrogen-bond acceptors (Lipinski definition) is 3. The van der Waals surface area contributed by atoms with Gasteiger partial charge in [-0.15, -0.1) is 0 Å². The van der Waals surface area contributed by atoms with E-state index in [1.54, 1.807) is 17.7 Å². The van der Waals surface area contributed by atoms with Crippen molar-refractivity contribution in [3.63, 3.8) is 0 Å². The summed E-state index contributed by atoms with van der Waals surface area (Å²) < 4.78 is 69.3. The number of hydrogen-bond donors (Lipinski definition) is 0. The Morgan fingerprint density at radius 3 is 2.58 bits per heavy atom. The van der Waals surface area contributed by atoms with Gasteiger partial charge in [-0.2, -0.15) is 13.2 Å². The Morgan fingerprint density at radius 2 is 1.97 bits per heavy atom. The topological polar surface area (TPSA) is 52.2 Å². The summed E-state index contributed by atoms with van der Waals surface area (Å²) in [7, 11) is 1.65. The predicted octanol–water partition coefficient (Wildman–Crippen LogP) is 3.92. The van der Waals surface area contributed by atoms with Crippen LogP contribution in [0, 0.1) is 6.92 Å². The van der Waals surface area contributed by atoms with E-state index in [0.717, 1.165) is 10.6 Å². The average molecular weight is 438 g/mol. The zero-order valence-electron chi connectivity index (χ0n) is 16.7. The minimum atomic E-state index is -4.48. The molecule has 1 saturated carbocycles. The minimum absolute atomic E-state index is 0.0658. The number of aryl methyl sites for hydroxylation is 1. The third-order valence-corrected chi connectivity index (χ3v) is 5.80. The van der Waals surface area contributed by atoms with Gasteiger partial charge in [0.1, 0.15) is 5.54 Å². The molecule has 164 valence electrons. The van der Waals surface area contributed by atoms with Gasteiger partial charge in [0.15, 0.2) is 5.49 Å². The second-order valence-corrected chi connectivity index (χ2v) is 7.77. The molecule has 0 saturated heterocycles. The lowest BCUT2D eigenvalue weighted by molar-refractivity contribution is -0.138. The molecule has 0 atom stereocenters. The maximum atomic E-state index is 13.6. The molecule has 0 radical (unpaired) electrons. The van der Waals surface area contributed by atoms with Crippen molar-refractivity contribution in [2.75, 3.05) is 0 Å². The van der Waals surface area contributed by atoms with E-state index in [-0.39, 0.29) is 30.4 Å². The Bertz CT molecular complexity index is 1290. The van der Waals surface area contributed by atoms with Crippen LogP contribution < -0.4 is 11.0 Å². The van der Waals surface area contributed by atoms with Crippen LogP contribution in [0.25, 0.3) is 10.9 Å². The Labute approximate surface area is 173 Å². The summed E-state index contributed by atoms with van der Waals surface area (Å²) in [5, 5.41) is 0.376. The van der Waals surface area contributed by atoms with E-state index in [1.807, 2.05) is 0 Å². The number of pyridine rings is 1. The van der Waals surface area contributed by atoms with Crippen LogP contribution in [0.3, 0.4) is 0 Å². The van der Waals surface area contributed by atoms with Crippen molar-refractivity contribution in [3.05, 3.63) is 69.3 Å². The van der Waals surface area contributed by atoms with Gasteiger partial charge in [-0.3, -0.25) is 9.79 Å². The summed E-state index contributed by atoms with van der Waals surface area (Å²) in [5.41, 5.74) is -1.75. The van der Waals surface area contributed by atoms with Gasteiger partial charge < -0.3 is 9.13 Å². The van der Waals surface area contributed by atoms with E-state index < -0.39 is 29.3 Å². The molecule has 1 fully saturated rings. The van der Waals surface area contributed by atoms with Gasteiger partial charge in [-0.05, 0) is 37.0 Å². The standard InChI is InChI=1S/C21H19F5N4O/c1-12-13(4-3-5-15(12)21(24,25)26)9-27-18-14-10-30(20(6-7-20)19(22)23)17(31)8-16(14)29(2)11-28-18/h3-5,8,10-11,19H,6-7,9H2,1-2H3/b27-18-. The molecule has 4 rings (SSSR count). The van der Waals surface area contributed by atoms with Crippen molar-refractivity contribution >= 4 is 10.9 Å². The van der Waals surface area contributed by atoms with Gasteiger partial charge in [0, 0.05) is 19.3 Å². The normalized spacial score (nSPS) is 16.3. The van der Waals surface area contributed by atoms with Crippen molar-refractivity contribution in [2.45, 2.75) is 44.5 Å². The van der Waals surface area contributed by atoms with Crippen LogP contribution in [0.1, 0.15) is 29.5 Å². The van der Waals surface area contributed by atoms with Crippen LogP contribution in [0.15, 0.2) is 46.6 Å². The van der Waals surface area contributed by atoms with Gasteiger partial charge in [-0.25, -0.2) is 13.8 Å². The third kappa shape index (κ3) is 3.64. The smallest absolute Gasteiger partial charge is 0.335 e. The molecule has 10 heteroatoms. The molecule has 0 unspecified atom stereocenters. The molecule has 0 N–H and O–H groups in total. The number of fused-ring (bicyclic) bond motifs is 1. The van der Waals surface area contributed by atoms with Crippen LogP contribution in [0.2, 0.25) is 0 Å². The highest BCUT2D eigenvalue weighted by atomic mass is 19.4. The second-order valence-electron chi connectivity index (χ2n) is 7.77. The molecular weight excluding hydrogens is 419 g/mol. The summed E-state index contributed by atoms with van der Waals surface area (Å²) in [6, 6.07) is 5.13. The number of halogens is 5. The van der Waals surface area contributed by atoms with Crippen molar-refractivity contribution < 1.29 is 22.0 Å². The first kappa shape index (κ1) is 21.2. The van der Waals surface area contributed by atoms with Crippen LogP contribution in [0.5, 0.6) is 0 Å². The molecule has 31 heavy (non-hydrogen) atoms. The molecule has 1 aliphatic carbocycles. The van der Waals surface area contributed by atoms with Gasteiger partial charge in [0.05, 0.1) is 29.3 Å². The molecule has 1 aromatic carbocycles. The lowest BCUT2D eigenvalue weighted by Gasteiger charge is -2.18.